The van der Waals surface area contributed by atoms with Crippen LogP contribution in [0.25, 0.3) is 0 Å². The van der Waals surface area contributed by atoms with Crippen molar-refractivity contribution in [3.63, 3.8) is 0 Å². The van der Waals surface area contributed by atoms with E-state index in [9.17, 15) is 22.3 Å². The Balaban J connectivity index is 2.44. The average molecular weight is 458 g/mol. The highest BCUT2D eigenvalue weighted by atomic mass is 32.2. The Labute approximate surface area is 181 Å². The maximum absolute atomic E-state index is 14.3. The smallest absolute Gasteiger partial charge is 0.241 e. The van der Waals surface area contributed by atoms with Gasteiger partial charge in [-0.1, -0.05) is 33.8 Å². The first-order valence-corrected chi connectivity index (χ1v) is 11.7. The van der Waals surface area contributed by atoms with Crippen LogP contribution in [-0.4, -0.2) is 47.4 Å². The first kappa shape index (κ1) is 24.9. The fraction of sp³-hybridized carbons (Fsp3) is 0.550. The van der Waals surface area contributed by atoms with Gasteiger partial charge in [-0.05, 0) is 24.5 Å². The number of aromatic nitrogens is 3. The molecule has 1 aromatic heterocycles. The predicted molar refractivity (Wildman–Crippen MR) is 115 cm³/mol. The number of rotatable bonds is 10. The lowest BCUT2D eigenvalue weighted by Gasteiger charge is -2.26. The number of anilines is 2. The van der Waals surface area contributed by atoms with Gasteiger partial charge in [-0.25, -0.2) is 17.2 Å². The Hall–Kier alpha value is -2.40. The Kier molecular flexibility index (Phi) is 7.87. The molecule has 2 rings (SSSR count). The molecule has 3 N–H and O–H groups in total. The van der Waals surface area contributed by atoms with E-state index in [-0.39, 0.29) is 48.3 Å². The van der Waals surface area contributed by atoms with Gasteiger partial charge in [0.1, 0.15) is 17.5 Å². The minimum Gasteiger partial charge on any atom is -0.394 e. The normalized spacial score (nSPS) is 13.3. The van der Waals surface area contributed by atoms with Crippen molar-refractivity contribution in [2.75, 3.05) is 22.9 Å². The molecule has 0 radical (unpaired) electrons. The summed E-state index contributed by atoms with van der Waals surface area (Å²) in [5.41, 5.74) is -1.15. The molecule has 1 heterocycles. The van der Waals surface area contributed by atoms with Crippen molar-refractivity contribution in [1.29, 1.82) is 0 Å². The van der Waals surface area contributed by atoms with E-state index in [1.807, 2.05) is 13.8 Å². The molecule has 0 amide bonds. The van der Waals surface area contributed by atoms with Crippen molar-refractivity contribution < 1.29 is 22.3 Å². The molecule has 2 aromatic rings. The third-order valence-corrected chi connectivity index (χ3v) is 5.06. The topological polar surface area (TPSA) is 117 Å². The molecule has 11 heteroatoms. The lowest BCUT2D eigenvalue weighted by atomic mass is 9.80. The third kappa shape index (κ3) is 7.35. The molecule has 8 nitrogen and oxygen atoms in total. The van der Waals surface area contributed by atoms with Crippen LogP contribution in [0.1, 0.15) is 45.5 Å². The Morgan fingerprint density at radius 3 is 2.19 bits per heavy atom. The van der Waals surface area contributed by atoms with E-state index in [1.54, 1.807) is 13.8 Å². The van der Waals surface area contributed by atoms with Gasteiger partial charge in [-0.3, -0.25) is 4.72 Å². The molecule has 0 aliphatic carbocycles. The van der Waals surface area contributed by atoms with Crippen molar-refractivity contribution in [1.82, 2.24) is 15.0 Å². The first-order valence-electron chi connectivity index (χ1n) is 9.85. The highest BCUT2D eigenvalue weighted by Crippen LogP contribution is 2.31. The second-order valence-electron chi connectivity index (χ2n) is 8.58. The van der Waals surface area contributed by atoms with E-state index in [0.717, 1.165) is 6.26 Å². The van der Waals surface area contributed by atoms with Crippen molar-refractivity contribution in [2.45, 2.75) is 52.0 Å². The molecule has 0 aliphatic rings. The number of benzene rings is 1. The average Bonchev–Trinajstić information content (AvgIpc) is 2.58. The van der Waals surface area contributed by atoms with Crippen LogP contribution in [0.3, 0.4) is 0 Å². The third-order valence-electron chi connectivity index (χ3n) is 4.51. The second-order valence-corrected chi connectivity index (χ2v) is 10.3. The fourth-order valence-electron chi connectivity index (χ4n) is 3.33. The summed E-state index contributed by atoms with van der Waals surface area (Å²) in [5, 5.41) is 12.6. The van der Waals surface area contributed by atoms with Crippen LogP contribution < -0.4 is 10.0 Å². The minimum atomic E-state index is -3.67. The number of sulfonamides is 1. The molecule has 1 aromatic carbocycles. The Morgan fingerprint density at radius 2 is 1.68 bits per heavy atom. The number of aliphatic hydroxyl groups excluding tert-OH is 1. The van der Waals surface area contributed by atoms with Gasteiger partial charge in [0.25, 0.3) is 0 Å². The zero-order chi connectivity index (χ0) is 23.4. The molecule has 0 spiro atoms. The summed E-state index contributed by atoms with van der Waals surface area (Å²) < 4.78 is 54.2. The highest BCUT2D eigenvalue weighted by molar-refractivity contribution is 7.91. The highest BCUT2D eigenvalue weighted by Gasteiger charge is 2.30. The second kappa shape index (κ2) is 9.82. The molecule has 0 aliphatic heterocycles. The summed E-state index contributed by atoms with van der Waals surface area (Å²) in [5.74, 6) is -1.13. The number of hydrogen-bond acceptors (Lipinski definition) is 7. The maximum atomic E-state index is 14.3. The van der Waals surface area contributed by atoms with Gasteiger partial charge >= 0.3 is 0 Å². The summed E-state index contributed by atoms with van der Waals surface area (Å²) in [4.78, 5) is 12.5. The van der Waals surface area contributed by atoms with E-state index in [2.05, 4.69) is 25.0 Å². The van der Waals surface area contributed by atoms with Gasteiger partial charge in [-0.2, -0.15) is 15.0 Å². The van der Waals surface area contributed by atoms with Crippen LogP contribution >= 0.6 is 0 Å². The maximum Gasteiger partial charge on any atom is 0.241 e. The van der Waals surface area contributed by atoms with Crippen molar-refractivity contribution in [2.24, 2.45) is 5.92 Å². The molecule has 0 saturated heterocycles. The minimum absolute atomic E-state index is 0.00840. The Morgan fingerprint density at radius 1 is 1.10 bits per heavy atom. The zero-order valence-electron chi connectivity index (χ0n) is 18.3. The van der Waals surface area contributed by atoms with Crippen LogP contribution in [0, 0.1) is 17.6 Å². The SMILES string of the molecule is CC(C)C[C@H](CO)Nc1nc(CC(C)(C)c2c(F)cccc2F)nc(NS(C)(=O)=O)n1. The van der Waals surface area contributed by atoms with E-state index in [4.69, 9.17) is 0 Å². The van der Waals surface area contributed by atoms with Crippen LogP contribution in [-0.2, 0) is 21.9 Å². The van der Waals surface area contributed by atoms with Crippen molar-refractivity contribution in [3.05, 3.63) is 41.2 Å². The monoisotopic (exact) mass is 457 g/mol. The number of nitrogens with one attached hydrogen (secondary N) is 2. The number of aliphatic hydroxyl groups is 1. The summed E-state index contributed by atoms with van der Waals surface area (Å²) in [6, 6.07) is 3.27. The molecular weight excluding hydrogens is 428 g/mol. The lowest BCUT2D eigenvalue weighted by Crippen LogP contribution is -2.29. The molecule has 172 valence electrons. The molecule has 0 unspecified atom stereocenters. The molecule has 0 fully saturated rings. The summed E-state index contributed by atoms with van der Waals surface area (Å²) in [6.07, 6.45) is 1.59. The van der Waals surface area contributed by atoms with Gasteiger partial charge in [0.2, 0.25) is 21.9 Å². The summed E-state index contributed by atoms with van der Waals surface area (Å²) in [7, 11) is -3.67. The number of halogens is 2. The van der Waals surface area contributed by atoms with Crippen LogP contribution in [0.4, 0.5) is 20.7 Å². The fourth-order valence-corrected chi connectivity index (χ4v) is 3.76. The zero-order valence-corrected chi connectivity index (χ0v) is 19.1. The van der Waals surface area contributed by atoms with Gasteiger partial charge < -0.3 is 10.4 Å². The van der Waals surface area contributed by atoms with Gasteiger partial charge in [0.05, 0.1) is 18.9 Å². The van der Waals surface area contributed by atoms with Gasteiger partial charge in [-0.15, -0.1) is 0 Å². The molecule has 0 saturated carbocycles. The van der Waals surface area contributed by atoms with Crippen LogP contribution in [0.15, 0.2) is 18.2 Å². The number of nitrogens with zero attached hydrogens (tertiary/aromatic N) is 3. The molecular formula is C20H29F2N5O3S. The van der Waals surface area contributed by atoms with Crippen molar-refractivity contribution in [3.8, 4) is 0 Å². The predicted octanol–water partition coefficient (Wildman–Crippen LogP) is 2.86. The number of hydrogen-bond donors (Lipinski definition) is 3. The van der Waals surface area contributed by atoms with E-state index >= 15 is 0 Å². The quantitative estimate of drug-likeness (QED) is 0.502. The van der Waals surface area contributed by atoms with Gasteiger partial charge in [0.15, 0.2) is 0 Å². The standard InChI is InChI=1S/C20H29F2N5O3S/c1-12(2)9-13(11-28)23-18-24-16(25-19(26-18)27-31(5,29)30)10-20(3,4)17-14(21)7-6-8-15(17)22/h6-8,12-13,28H,9-11H2,1-5H3,(H2,23,24,25,26,27)/t13-/m1/s1. The van der Waals surface area contributed by atoms with Crippen LogP contribution in [0.2, 0.25) is 0 Å². The lowest BCUT2D eigenvalue weighted by molar-refractivity contribution is 0.259. The van der Waals surface area contributed by atoms with E-state index in [0.29, 0.717) is 6.42 Å². The Bertz CT molecular complexity index is 996. The van der Waals surface area contributed by atoms with Crippen LogP contribution in [0.5, 0.6) is 0 Å². The van der Waals surface area contributed by atoms with Gasteiger partial charge in [0, 0.05) is 17.4 Å². The molecule has 31 heavy (non-hydrogen) atoms. The van der Waals surface area contributed by atoms with E-state index < -0.39 is 27.1 Å². The first-order chi connectivity index (χ1) is 14.3. The summed E-state index contributed by atoms with van der Waals surface area (Å²) in [6.45, 7) is 7.09. The molecule has 1 atom stereocenters. The largest absolute Gasteiger partial charge is 0.394 e. The van der Waals surface area contributed by atoms with E-state index in [1.165, 1.54) is 18.2 Å². The molecule has 0 bridgehead atoms. The summed E-state index contributed by atoms with van der Waals surface area (Å²) >= 11 is 0. The van der Waals surface area contributed by atoms with Crippen molar-refractivity contribution >= 4 is 21.9 Å².